The molecule has 1 unspecified atom stereocenters. The molecule has 0 rings (SSSR count). The second kappa shape index (κ2) is 7.40. The first-order chi connectivity index (χ1) is 7.02. The van der Waals surface area contributed by atoms with E-state index in [-0.39, 0.29) is 24.2 Å². The van der Waals surface area contributed by atoms with Crippen LogP contribution in [0.4, 0.5) is 0 Å². The molecule has 0 saturated heterocycles. The highest BCUT2D eigenvalue weighted by Gasteiger charge is 2.19. The molecule has 0 fully saturated rings. The molecule has 0 aromatic carbocycles. The third-order valence-corrected chi connectivity index (χ3v) is 2.38. The molecule has 0 N–H and O–H groups in total. The number of hydrogen-bond donors (Lipinski definition) is 0. The molecule has 1 amide bonds. The summed E-state index contributed by atoms with van der Waals surface area (Å²) >= 11 is 0. The molecule has 15 heavy (non-hydrogen) atoms. The van der Waals surface area contributed by atoms with E-state index in [9.17, 15) is 9.59 Å². The molecule has 0 aliphatic carbocycles. The van der Waals surface area contributed by atoms with Gasteiger partial charge in [-0.25, -0.2) is 0 Å². The van der Waals surface area contributed by atoms with Crippen molar-refractivity contribution in [3.8, 4) is 0 Å². The minimum Gasteiger partial charge on any atom is -0.383 e. The van der Waals surface area contributed by atoms with Crippen LogP contribution >= 0.6 is 0 Å². The highest BCUT2D eigenvalue weighted by molar-refractivity contribution is 5.96. The van der Waals surface area contributed by atoms with Gasteiger partial charge in [0.05, 0.1) is 13.0 Å². The fourth-order valence-electron chi connectivity index (χ4n) is 1.32. The summed E-state index contributed by atoms with van der Waals surface area (Å²) in [6, 6.07) is 0.159. The Labute approximate surface area is 91.6 Å². The highest BCUT2D eigenvalue weighted by atomic mass is 16.5. The molecule has 0 aromatic rings. The predicted molar refractivity (Wildman–Crippen MR) is 58.6 cm³/mol. The lowest BCUT2D eigenvalue weighted by molar-refractivity contribution is -0.137. The predicted octanol–water partition coefficient (Wildman–Crippen LogP) is 1.24. The van der Waals surface area contributed by atoms with Crippen LogP contribution in [0.15, 0.2) is 0 Å². The molecule has 4 nitrogen and oxygen atoms in total. The average Bonchev–Trinajstić information content (AvgIpc) is 2.16. The Bertz CT molecular complexity index is 216. The van der Waals surface area contributed by atoms with Gasteiger partial charge in [0.1, 0.15) is 5.78 Å². The number of ether oxygens (including phenoxy) is 1. The van der Waals surface area contributed by atoms with Crippen molar-refractivity contribution in [2.75, 3.05) is 20.3 Å². The molecule has 0 saturated carbocycles. The Morgan fingerprint density at radius 3 is 2.40 bits per heavy atom. The summed E-state index contributed by atoms with van der Waals surface area (Å²) in [5.74, 6) is -0.195. The van der Waals surface area contributed by atoms with Crippen LogP contribution in [0.1, 0.15) is 33.6 Å². The molecule has 0 spiro atoms. The van der Waals surface area contributed by atoms with Gasteiger partial charge >= 0.3 is 0 Å². The topological polar surface area (TPSA) is 46.6 Å². The monoisotopic (exact) mass is 215 g/mol. The van der Waals surface area contributed by atoms with Crippen molar-refractivity contribution in [3.05, 3.63) is 0 Å². The lowest BCUT2D eigenvalue weighted by atomic mass is 10.2. The Morgan fingerprint density at radius 2 is 2.00 bits per heavy atom. The largest absolute Gasteiger partial charge is 0.383 e. The summed E-state index contributed by atoms with van der Waals surface area (Å²) < 4.78 is 4.94. The second-order valence-electron chi connectivity index (χ2n) is 3.72. The molecule has 0 aliphatic rings. The molecule has 1 atom stereocenters. The van der Waals surface area contributed by atoms with Crippen molar-refractivity contribution < 1.29 is 14.3 Å². The third kappa shape index (κ3) is 5.52. The number of carbonyl (C=O) groups is 2. The normalized spacial score (nSPS) is 12.3. The first-order valence-corrected chi connectivity index (χ1v) is 5.30. The molecular weight excluding hydrogens is 194 g/mol. The number of Topliss-reactive ketones (excluding diaryl/α,β-unsaturated/α-hetero) is 1. The highest BCUT2D eigenvalue weighted by Crippen LogP contribution is 2.06. The lowest BCUT2D eigenvalue weighted by Gasteiger charge is -2.28. The number of carbonyl (C=O) groups excluding carboxylic acids is 2. The quantitative estimate of drug-likeness (QED) is 0.600. The van der Waals surface area contributed by atoms with Crippen LogP contribution in [-0.4, -0.2) is 42.9 Å². The maximum Gasteiger partial charge on any atom is 0.230 e. The number of methoxy groups -OCH3 is 1. The van der Waals surface area contributed by atoms with Crippen molar-refractivity contribution in [1.82, 2.24) is 4.90 Å². The number of ketones is 1. The first kappa shape index (κ1) is 14.1. The van der Waals surface area contributed by atoms with E-state index in [0.717, 1.165) is 6.42 Å². The van der Waals surface area contributed by atoms with Crippen molar-refractivity contribution in [1.29, 1.82) is 0 Å². The fourth-order valence-corrected chi connectivity index (χ4v) is 1.32. The van der Waals surface area contributed by atoms with Crippen LogP contribution in [0.25, 0.3) is 0 Å². The lowest BCUT2D eigenvalue weighted by Crippen LogP contribution is -2.41. The number of hydrogen-bond acceptors (Lipinski definition) is 3. The standard InChI is InChI=1S/C11H21NO3/c1-5-9(2)12(6-7-15-4)11(14)8-10(3)13/h9H,5-8H2,1-4H3. The van der Waals surface area contributed by atoms with E-state index < -0.39 is 0 Å². The average molecular weight is 215 g/mol. The van der Waals surface area contributed by atoms with Crippen LogP contribution < -0.4 is 0 Å². The number of nitrogens with zero attached hydrogens (tertiary/aromatic N) is 1. The Morgan fingerprint density at radius 1 is 1.40 bits per heavy atom. The summed E-state index contributed by atoms with van der Waals surface area (Å²) in [7, 11) is 1.60. The van der Waals surface area contributed by atoms with E-state index in [1.165, 1.54) is 6.92 Å². The van der Waals surface area contributed by atoms with Gasteiger partial charge in [-0.2, -0.15) is 0 Å². The molecule has 0 aliphatic heterocycles. The number of rotatable bonds is 7. The van der Waals surface area contributed by atoms with Crippen LogP contribution in [0, 0.1) is 0 Å². The zero-order valence-electron chi connectivity index (χ0n) is 10.1. The van der Waals surface area contributed by atoms with Gasteiger partial charge < -0.3 is 9.64 Å². The fraction of sp³-hybridized carbons (Fsp3) is 0.818. The summed E-state index contributed by atoms with van der Waals surface area (Å²) in [5, 5.41) is 0. The van der Waals surface area contributed by atoms with Gasteiger partial charge in [0, 0.05) is 19.7 Å². The van der Waals surface area contributed by atoms with Gasteiger partial charge in [0.25, 0.3) is 0 Å². The summed E-state index contributed by atoms with van der Waals surface area (Å²) in [6.45, 7) is 6.49. The molecule has 4 heteroatoms. The first-order valence-electron chi connectivity index (χ1n) is 5.30. The van der Waals surface area contributed by atoms with Crippen molar-refractivity contribution in [2.24, 2.45) is 0 Å². The molecular formula is C11H21NO3. The van der Waals surface area contributed by atoms with E-state index >= 15 is 0 Å². The van der Waals surface area contributed by atoms with Crippen molar-refractivity contribution in [3.63, 3.8) is 0 Å². The van der Waals surface area contributed by atoms with Crippen molar-refractivity contribution in [2.45, 2.75) is 39.7 Å². The third-order valence-electron chi connectivity index (χ3n) is 2.38. The van der Waals surface area contributed by atoms with E-state index in [0.29, 0.717) is 13.2 Å². The second-order valence-corrected chi connectivity index (χ2v) is 3.72. The van der Waals surface area contributed by atoms with E-state index in [1.807, 2.05) is 13.8 Å². The summed E-state index contributed by atoms with van der Waals surface area (Å²) in [5.41, 5.74) is 0. The van der Waals surface area contributed by atoms with Gasteiger partial charge in [-0.1, -0.05) is 6.92 Å². The van der Waals surface area contributed by atoms with E-state index in [2.05, 4.69) is 0 Å². The SMILES string of the molecule is CCC(C)N(CCOC)C(=O)CC(C)=O. The maximum absolute atomic E-state index is 11.7. The van der Waals surface area contributed by atoms with Crippen molar-refractivity contribution >= 4 is 11.7 Å². The smallest absolute Gasteiger partial charge is 0.230 e. The zero-order chi connectivity index (χ0) is 11.8. The zero-order valence-corrected chi connectivity index (χ0v) is 10.1. The van der Waals surface area contributed by atoms with Crippen LogP contribution in [-0.2, 0) is 14.3 Å². The van der Waals surface area contributed by atoms with Gasteiger partial charge in [-0.15, -0.1) is 0 Å². The molecule has 0 aromatic heterocycles. The van der Waals surface area contributed by atoms with Gasteiger partial charge in [-0.3, -0.25) is 9.59 Å². The summed E-state index contributed by atoms with van der Waals surface area (Å²) in [6.07, 6.45) is 0.876. The number of amides is 1. The summed E-state index contributed by atoms with van der Waals surface area (Å²) in [4.78, 5) is 24.3. The Kier molecular flexibility index (Phi) is 6.96. The van der Waals surface area contributed by atoms with Gasteiger partial charge in [0.2, 0.25) is 5.91 Å². The minimum absolute atomic E-state index is 0.00590. The van der Waals surface area contributed by atoms with Crippen LogP contribution in [0.5, 0.6) is 0 Å². The Balaban J connectivity index is 4.33. The molecule has 0 radical (unpaired) electrons. The maximum atomic E-state index is 11.7. The van der Waals surface area contributed by atoms with E-state index in [4.69, 9.17) is 4.74 Å². The van der Waals surface area contributed by atoms with E-state index in [1.54, 1.807) is 12.0 Å². The molecule has 0 bridgehead atoms. The Hall–Kier alpha value is -0.900. The van der Waals surface area contributed by atoms with Crippen LogP contribution in [0.2, 0.25) is 0 Å². The van der Waals surface area contributed by atoms with Gasteiger partial charge in [-0.05, 0) is 20.3 Å². The van der Waals surface area contributed by atoms with Gasteiger partial charge in [0.15, 0.2) is 0 Å². The molecule has 88 valence electrons. The van der Waals surface area contributed by atoms with Crippen LogP contribution in [0.3, 0.4) is 0 Å². The molecule has 0 heterocycles. The minimum atomic E-state index is -0.103.